The topological polar surface area (TPSA) is 168 Å². The van der Waals surface area contributed by atoms with Crippen molar-refractivity contribution in [3.8, 4) is 17.2 Å². The van der Waals surface area contributed by atoms with Crippen LogP contribution in [0.15, 0.2) is 25.3 Å². The molecular weight excluding hydrogens is 216 g/mol. The van der Waals surface area contributed by atoms with Crippen LogP contribution in [0.25, 0.3) is 0 Å². The lowest BCUT2D eigenvalue weighted by molar-refractivity contribution is 0.0696. The average Bonchev–Trinajstić information content (AvgIpc) is 2.16. The van der Waals surface area contributed by atoms with Crippen molar-refractivity contribution < 1.29 is 25.2 Å². The molecule has 1 aromatic rings. The highest BCUT2D eigenvalue weighted by atomic mass is 16.4. The normalized spacial score (nSPS) is 7.50. The van der Waals surface area contributed by atoms with Crippen LogP contribution in [0, 0.1) is 0 Å². The number of phenolic OH excluding ortho intramolecular Hbond substituents is 3. The first-order valence-corrected chi connectivity index (χ1v) is 3.50. The van der Waals surface area contributed by atoms with Crippen LogP contribution in [0.1, 0.15) is 10.4 Å². The molecule has 0 spiro atoms. The number of carboxylic acid groups (broad SMARTS) is 1. The molecule has 7 nitrogen and oxygen atoms in total. The Hall–Kier alpha value is -2.25. The monoisotopic (exact) mass is 232 g/mol. The summed E-state index contributed by atoms with van der Waals surface area (Å²) in [5.74, 6) is -3.33. The summed E-state index contributed by atoms with van der Waals surface area (Å²) in [4.78, 5) is 10.3. The van der Waals surface area contributed by atoms with Crippen molar-refractivity contribution >= 4 is 5.97 Å². The van der Waals surface area contributed by atoms with E-state index in [1.807, 2.05) is 0 Å². The van der Waals surface area contributed by atoms with Gasteiger partial charge < -0.3 is 32.7 Å². The second-order valence-electron chi connectivity index (χ2n) is 2.17. The zero-order valence-corrected chi connectivity index (χ0v) is 8.68. The number of carboxylic acids is 1. The molecule has 0 saturated carbocycles. The van der Waals surface area contributed by atoms with Gasteiger partial charge in [-0.2, -0.15) is 0 Å². The van der Waals surface area contributed by atoms with Crippen molar-refractivity contribution in [2.45, 2.75) is 0 Å². The third kappa shape index (κ3) is 4.31. The molecule has 0 saturated heterocycles. The maximum Gasteiger partial charge on any atom is 0.335 e. The van der Waals surface area contributed by atoms with E-state index in [1.165, 1.54) is 0 Å². The smallest absolute Gasteiger partial charge is 0.335 e. The first kappa shape index (κ1) is 19.3. The minimum atomic E-state index is -1.29. The highest BCUT2D eigenvalue weighted by Gasteiger charge is 2.11. The van der Waals surface area contributed by atoms with Gasteiger partial charge in [0.25, 0.3) is 0 Å². The van der Waals surface area contributed by atoms with Crippen molar-refractivity contribution in [2.24, 2.45) is 0 Å². The average molecular weight is 232 g/mol. The van der Waals surface area contributed by atoms with E-state index in [2.05, 4.69) is 13.2 Å². The van der Waals surface area contributed by atoms with Crippen LogP contribution in [0.4, 0.5) is 0 Å². The Morgan fingerprint density at radius 1 is 1.00 bits per heavy atom. The molecule has 1 rings (SSSR count). The third-order valence-electron chi connectivity index (χ3n) is 1.32. The van der Waals surface area contributed by atoms with E-state index in [4.69, 9.17) is 20.4 Å². The molecule has 0 heterocycles. The Balaban J connectivity index is -0.000000399. The predicted octanol–water partition coefficient (Wildman–Crippen LogP) is 1.63. The van der Waals surface area contributed by atoms with Gasteiger partial charge in [-0.3, -0.25) is 0 Å². The summed E-state index contributed by atoms with van der Waals surface area (Å²) in [7, 11) is 0. The van der Waals surface area contributed by atoms with Gasteiger partial charge in [-0.05, 0) is 12.1 Å². The Morgan fingerprint density at radius 3 is 1.56 bits per heavy atom. The number of hydrogen-bond donors (Lipinski definition) is 6. The zero-order chi connectivity index (χ0) is 11.3. The van der Waals surface area contributed by atoms with Crippen LogP contribution >= 0.6 is 0 Å². The number of benzene rings is 1. The molecule has 0 radical (unpaired) electrons. The lowest BCUT2D eigenvalue weighted by Gasteiger charge is -2.01. The van der Waals surface area contributed by atoms with Crippen LogP contribution in [0.5, 0.6) is 17.2 Å². The maximum atomic E-state index is 10.3. The highest BCUT2D eigenvalue weighted by Crippen LogP contribution is 2.35. The van der Waals surface area contributed by atoms with Crippen molar-refractivity contribution in [3.05, 3.63) is 30.9 Å². The Bertz CT molecular complexity index is 331. The largest absolute Gasteiger partial charge is 0.504 e. The lowest BCUT2D eigenvalue weighted by Crippen LogP contribution is -1.95. The molecule has 10 N–H and O–H groups in total. The summed E-state index contributed by atoms with van der Waals surface area (Å²) in [5.41, 5.74) is -0.289. The quantitative estimate of drug-likeness (QED) is 0.315. The summed E-state index contributed by atoms with van der Waals surface area (Å²) >= 11 is 0. The molecule has 0 unspecified atom stereocenters. The van der Waals surface area contributed by atoms with Gasteiger partial charge in [0.2, 0.25) is 0 Å². The van der Waals surface area contributed by atoms with Crippen LogP contribution in [0.3, 0.4) is 0 Å². The molecule has 0 aliphatic carbocycles. The molecule has 92 valence electrons. The Morgan fingerprint density at radius 2 is 1.31 bits per heavy atom. The van der Waals surface area contributed by atoms with E-state index in [0.717, 1.165) is 12.1 Å². The van der Waals surface area contributed by atoms with Gasteiger partial charge in [-0.1, -0.05) is 0 Å². The van der Waals surface area contributed by atoms with E-state index in [1.54, 1.807) is 0 Å². The Labute approximate surface area is 92.5 Å². The molecule has 0 aliphatic heterocycles. The fraction of sp³-hybridized carbons (Fsp3) is 0. The number of aromatic hydroxyl groups is 3. The molecule has 0 aromatic heterocycles. The predicted molar refractivity (Wildman–Crippen MR) is 59.7 cm³/mol. The first-order valence-electron chi connectivity index (χ1n) is 3.50. The third-order valence-corrected chi connectivity index (χ3v) is 1.32. The molecule has 7 heteroatoms. The number of aromatic carboxylic acids is 1. The molecule has 0 bridgehead atoms. The van der Waals surface area contributed by atoms with Crippen molar-refractivity contribution in [2.75, 3.05) is 0 Å². The zero-order valence-electron chi connectivity index (χ0n) is 8.68. The second-order valence-corrected chi connectivity index (χ2v) is 2.17. The fourth-order valence-electron chi connectivity index (χ4n) is 0.728. The maximum absolute atomic E-state index is 10.3. The molecule has 0 amide bonds. The van der Waals surface area contributed by atoms with Gasteiger partial charge in [0.05, 0.1) is 5.56 Å². The molecule has 1 aromatic carbocycles. The highest BCUT2D eigenvalue weighted by molar-refractivity contribution is 5.89. The molecule has 0 atom stereocenters. The van der Waals surface area contributed by atoms with E-state index < -0.39 is 23.2 Å². The molecule has 0 fully saturated rings. The summed E-state index contributed by atoms with van der Waals surface area (Å²) in [6, 6.07) is 1.69. The second kappa shape index (κ2) is 8.09. The minimum absolute atomic E-state index is 0. The van der Waals surface area contributed by atoms with Crippen LogP contribution in [0.2, 0.25) is 0 Å². The van der Waals surface area contributed by atoms with Gasteiger partial charge in [0.1, 0.15) is 0 Å². The number of carbonyl (C=O) groups is 1. The van der Waals surface area contributed by atoms with Crippen molar-refractivity contribution in [1.82, 2.24) is 12.3 Å². The van der Waals surface area contributed by atoms with Gasteiger partial charge >= 0.3 is 5.97 Å². The van der Waals surface area contributed by atoms with Gasteiger partial charge in [0, 0.05) is 0 Å². The molecular formula is C9H16N2O5. The minimum Gasteiger partial charge on any atom is -0.504 e. The Kier molecular flexibility index (Phi) is 9.78. The van der Waals surface area contributed by atoms with E-state index in [-0.39, 0.29) is 17.9 Å². The molecule has 0 aliphatic rings. The summed E-state index contributed by atoms with van der Waals surface area (Å²) in [6.45, 7) is 6.00. The van der Waals surface area contributed by atoms with Gasteiger partial charge in [0.15, 0.2) is 17.2 Å². The van der Waals surface area contributed by atoms with Gasteiger partial charge in [-0.25, -0.2) is 4.79 Å². The van der Waals surface area contributed by atoms with Crippen molar-refractivity contribution in [1.29, 1.82) is 0 Å². The summed E-state index contributed by atoms with van der Waals surface area (Å²) < 4.78 is 0. The fourth-order valence-corrected chi connectivity index (χ4v) is 0.728. The van der Waals surface area contributed by atoms with Crippen LogP contribution in [-0.4, -0.2) is 26.4 Å². The standard InChI is InChI=1S/C7H6O5.C2H4.2H3N/c8-4-1-3(7(11)12)2-5(9)6(4)10;1-2;;/h1-2,8-10H,(H,11,12);1-2H2;2*1H3. The van der Waals surface area contributed by atoms with E-state index in [9.17, 15) is 4.79 Å². The van der Waals surface area contributed by atoms with E-state index >= 15 is 0 Å². The van der Waals surface area contributed by atoms with Crippen molar-refractivity contribution in [3.63, 3.8) is 0 Å². The lowest BCUT2D eigenvalue weighted by atomic mass is 10.2. The SMILES string of the molecule is C=C.N.N.O=C(O)c1cc(O)c(O)c(O)c1. The van der Waals surface area contributed by atoms with Gasteiger partial charge in [-0.15, -0.1) is 13.2 Å². The number of hydrogen-bond acceptors (Lipinski definition) is 6. The summed E-state index contributed by atoms with van der Waals surface area (Å²) in [5, 5.41) is 35.0. The summed E-state index contributed by atoms with van der Waals surface area (Å²) in [6.07, 6.45) is 0. The first-order chi connectivity index (χ1) is 6.52. The van der Waals surface area contributed by atoms with Crippen LogP contribution < -0.4 is 12.3 Å². The van der Waals surface area contributed by atoms with E-state index in [0.29, 0.717) is 0 Å². The number of phenols is 3. The van der Waals surface area contributed by atoms with Crippen LogP contribution in [-0.2, 0) is 0 Å². The molecule has 16 heavy (non-hydrogen) atoms. The number of rotatable bonds is 1.